The number of amidine groups is 1. The first-order valence-corrected chi connectivity index (χ1v) is 9.46. The normalized spacial score (nSPS) is 17.7. The number of allylic oxidation sites excluding steroid dienone is 7. The molecule has 1 aromatic rings. The number of hydrogen-bond donors (Lipinski definition) is 0. The summed E-state index contributed by atoms with van der Waals surface area (Å²) < 4.78 is 2.07. The molecule has 2 aliphatic rings. The van der Waals surface area contributed by atoms with Gasteiger partial charge in [-0.15, -0.1) is 0 Å². The number of aliphatic imine (C=N–C) groups is 1. The molecule has 2 nitrogen and oxygen atoms in total. The lowest BCUT2D eigenvalue weighted by Crippen LogP contribution is -2.31. The van der Waals surface area contributed by atoms with Crippen LogP contribution in [0.2, 0.25) is 0 Å². The number of halogens is 2. The van der Waals surface area contributed by atoms with Gasteiger partial charge in [-0.2, -0.15) is 0 Å². The molecular weight excluding hydrogens is 428 g/mol. The summed E-state index contributed by atoms with van der Waals surface area (Å²) in [5, 5.41) is 0. The Morgan fingerprint density at radius 3 is 2.46 bits per heavy atom. The van der Waals surface area contributed by atoms with E-state index in [2.05, 4.69) is 104 Å². The zero-order valence-corrected chi connectivity index (χ0v) is 16.4. The highest BCUT2D eigenvalue weighted by Gasteiger charge is 2.17. The second-order valence-electron chi connectivity index (χ2n) is 5.44. The summed E-state index contributed by atoms with van der Waals surface area (Å²) in [6.07, 6.45) is 20.0. The average molecular weight is 446 g/mol. The van der Waals surface area contributed by atoms with Crippen molar-refractivity contribution in [3.8, 4) is 0 Å². The topological polar surface area (TPSA) is 15.6 Å². The first kappa shape index (κ1) is 17.2. The minimum atomic E-state index is 0.662. The monoisotopic (exact) mass is 444 g/mol. The number of hydrogen-bond acceptors (Lipinski definition) is 2. The third kappa shape index (κ3) is 4.46. The number of nitrogens with zero attached hydrogens (tertiary/aromatic N) is 2. The molecule has 0 saturated carbocycles. The van der Waals surface area contributed by atoms with Gasteiger partial charge in [0.1, 0.15) is 5.84 Å². The lowest BCUT2D eigenvalue weighted by atomic mass is 10.1. The fraction of sp³-hybridized carbons (Fsp3) is 0.150. The minimum Gasteiger partial charge on any atom is -0.323 e. The van der Waals surface area contributed by atoms with Gasteiger partial charge in [0.25, 0.3) is 0 Å². The van der Waals surface area contributed by atoms with Crippen molar-refractivity contribution in [3.05, 3.63) is 93.1 Å². The van der Waals surface area contributed by atoms with Gasteiger partial charge in [-0.3, -0.25) is 4.99 Å². The fourth-order valence-corrected chi connectivity index (χ4v) is 3.91. The van der Waals surface area contributed by atoms with Gasteiger partial charge in [-0.1, -0.05) is 80.5 Å². The first-order valence-electron chi connectivity index (χ1n) is 7.87. The smallest absolute Gasteiger partial charge is 0.136 e. The van der Waals surface area contributed by atoms with Crippen LogP contribution in [0.15, 0.2) is 92.5 Å². The maximum Gasteiger partial charge on any atom is 0.136 e. The fourth-order valence-electron chi connectivity index (χ4n) is 2.62. The number of benzene rings is 1. The predicted molar refractivity (Wildman–Crippen MR) is 109 cm³/mol. The molecule has 0 aromatic heterocycles. The molecule has 0 unspecified atom stereocenters. The van der Waals surface area contributed by atoms with Crippen LogP contribution < -0.4 is 0 Å². The Morgan fingerprint density at radius 2 is 1.62 bits per heavy atom. The molecular formula is C20H18Br2N2. The standard InChI is InChI=1S/C20H18Br2N2/c21-17-13-16(14-18(22)15-17)20-23-11-7-3-4-8-12-24(20)19-9-5-1-2-6-10-19/h1-5,7-10,13-15H,6,11-12H2. The maximum absolute atomic E-state index is 4.86. The summed E-state index contributed by atoms with van der Waals surface area (Å²) in [6, 6.07) is 6.26. The molecule has 0 N–H and O–H groups in total. The van der Waals surface area contributed by atoms with E-state index in [1.54, 1.807) is 0 Å². The van der Waals surface area contributed by atoms with Crippen molar-refractivity contribution in [1.82, 2.24) is 4.90 Å². The molecule has 1 aromatic carbocycles. The predicted octanol–water partition coefficient (Wildman–Crippen LogP) is 5.79. The van der Waals surface area contributed by atoms with Crippen molar-refractivity contribution >= 4 is 37.7 Å². The van der Waals surface area contributed by atoms with Crippen LogP contribution in [0, 0.1) is 0 Å². The quantitative estimate of drug-likeness (QED) is 0.562. The van der Waals surface area contributed by atoms with Gasteiger partial charge >= 0.3 is 0 Å². The molecule has 0 fully saturated rings. The molecule has 1 aliphatic carbocycles. The van der Waals surface area contributed by atoms with Gasteiger partial charge < -0.3 is 4.90 Å². The summed E-state index contributed by atoms with van der Waals surface area (Å²) in [7, 11) is 0. The molecule has 1 aliphatic heterocycles. The SMILES string of the molecule is Brc1cc(Br)cc(C2=NCC=CC=CCN2C2=CCC=CC=C2)c1. The Bertz CT molecular complexity index is 763. The van der Waals surface area contributed by atoms with Crippen LogP contribution in [-0.2, 0) is 0 Å². The van der Waals surface area contributed by atoms with Crippen molar-refractivity contribution in [3.63, 3.8) is 0 Å². The van der Waals surface area contributed by atoms with Gasteiger partial charge in [0.15, 0.2) is 0 Å². The van der Waals surface area contributed by atoms with E-state index in [0.29, 0.717) is 6.54 Å². The highest BCUT2D eigenvalue weighted by Crippen LogP contribution is 2.24. The molecule has 0 saturated heterocycles. The highest BCUT2D eigenvalue weighted by molar-refractivity contribution is 9.11. The largest absolute Gasteiger partial charge is 0.323 e. The zero-order valence-electron chi connectivity index (χ0n) is 13.2. The van der Waals surface area contributed by atoms with E-state index in [4.69, 9.17) is 4.99 Å². The molecule has 0 bridgehead atoms. The first-order chi connectivity index (χ1) is 11.7. The van der Waals surface area contributed by atoms with Crippen molar-refractivity contribution in [1.29, 1.82) is 0 Å². The van der Waals surface area contributed by atoms with E-state index < -0.39 is 0 Å². The van der Waals surface area contributed by atoms with E-state index in [9.17, 15) is 0 Å². The Labute approximate surface area is 159 Å². The van der Waals surface area contributed by atoms with E-state index in [1.807, 2.05) is 6.07 Å². The summed E-state index contributed by atoms with van der Waals surface area (Å²) in [4.78, 5) is 7.13. The minimum absolute atomic E-state index is 0.662. The Kier molecular flexibility index (Phi) is 6.05. The van der Waals surface area contributed by atoms with Gasteiger partial charge in [-0.25, -0.2) is 0 Å². The van der Waals surface area contributed by atoms with E-state index in [-0.39, 0.29) is 0 Å². The van der Waals surface area contributed by atoms with Crippen LogP contribution in [0.4, 0.5) is 0 Å². The van der Waals surface area contributed by atoms with Crippen molar-refractivity contribution in [2.75, 3.05) is 13.1 Å². The van der Waals surface area contributed by atoms with Crippen LogP contribution in [0.1, 0.15) is 12.0 Å². The van der Waals surface area contributed by atoms with E-state index >= 15 is 0 Å². The third-order valence-corrected chi connectivity index (χ3v) is 4.60. The van der Waals surface area contributed by atoms with Crippen molar-refractivity contribution in [2.24, 2.45) is 4.99 Å². The maximum atomic E-state index is 4.86. The van der Waals surface area contributed by atoms with Crippen LogP contribution in [0.5, 0.6) is 0 Å². The molecule has 122 valence electrons. The van der Waals surface area contributed by atoms with Gasteiger partial charge in [0, 0.05) is 26.8 Å². The molecule has 24 heavy (non-hydrogen) atoms. The molecule has 0 atom stereocenters. The van der Waals surface area contributed by atoms with Crippen LogP contribution in [0.3, 0.4) is 0 Å². The summed E-state index contributed by atoms with van der Waals surface area (Å²) in [6.45, 7) is 1.44. The Morgan fingerprint density at radius 1 is 0.875 bits per heavy atom. The van der Waals surface area contributed by atoms with Crippen LogP contribution in [0.25, 0.3) is 0 Å². The van der Waals surface area contributed by atoms with Gasteiger partial charge in [-0.05, 0) is 30.7 Å². The third-order valence-electron chi connectivity index (χ3n) is 3.68. The van der Waals surface area contributed by atoms with Gasteiger partial charge in [0.05, 0.1) is 6.54 Å². The molecule has 0 amide bonds. The highest BCUT2D eigenvalue weighted by atomic mass is 79.9. The second-order valence-corrected chi connectivity index (χ2v) is 7.27. The van der Waals surface area contributed by atoms with Crippen molar-refractivity contribution < 1.29 is 0 Å². The summed E-state index contributed by atoms with van der Waals surface area (Å²) in [5.74, 6) is 0.978. The Balaban J connectivity index is 2.06. The summed E-state index contributed by atoms with van der Waals surface area (Å²) >= 11 is 7.18. The summed E-state index contributed by atoms with van der Waals surface area (Å²) in [5.41, 5.74) is 2.26. The van der Waals surface area contributed by atoms with E-state index in [1.165, 1.54) is 5.70 Å². The molecule has 0 spiro atoms. The van der Waals surface area contributed by atoms with Crippen LogP contribution in [-0.4, -0.2) is 23.8 Å². The lowest BCUT2D eigenvalue weighted by molar-refractivity contribution is 0.584. The van der Waals surface area contributed by atoms with Crippen molar-refractivity contribution in [2.45, 2.75) is 6.42 Å². The molecule has 1 heterocycles. The number of rotatable bonds is 2. The molecule has 0 radical (unpaired) electrons. The van der Waals surface area contributed by atoms with E-state index in [0.717, 1.165) is 33.3 Å². The average Bonchev–Trinajstić information content (AvgIpc) is 2.75. The zero-order chi connectivity index (χ0) is 16.8. The Hall–Kier alpha value is -1.65. The molecule has 4 heteroatoms. The lowest BCUT2D eigenvalue weighted by Gasteiger charge is -2.26. The molecule has 3 rings (SSSR count). The second kappa shape index (κ2) is 8.45. The van der Waals surface area contributed by atoms with Gasteiger partial charge in [0.2, 0.25) is 0 Å². The van der Waals surface area contributed by atoms with Crippen LogP contribution >= 0.6 is 31.9 Å².